The molecule has 0 saturated carbocycles. The summed E-state index contributed by atoms with van der Waals surface area (Å²) in [6.07, 6.45) is 1.95. The van der Waals surface area contributed by atoms with Gasteiger partial charge in [-0.3, -0.25) is 13.8 Å². The van der Waals surface area contributed by atoms with Crippen molar-refractivity contribution in [1.82, 2.24) is 8.97 Å². The number of benzene rings is 2. The molecule has 0 aliphatic carbocycles. The van der Waals surface area contributed by atoms with Gasteiger partial charge in [0.25, 0.3) is 0 Å². The maximum atomic E-state index is 12.5. The fraction of sp³-hybridized carbons (Fsp3) is 0.500. The summed E-state index contributed by atoms with van der Waals surface area (Å²) in [5.41, 5.74) is 5.02. The summed E-state index contributed by atoms with van der Waals surface area (Å²) in [5, 5.41) is 0. The predicted molar refractivity (Wildman–Crippen MR) is 128 cm³/mol. The number of Topliss-reactive ketones (excluding diaryl/α,β-unsaturated/α-hetero) is 1. The van der Waals surface area contributed by atoms with E-state index in [1.807, 2.05) is 0 Å². The smallest absolute Gasteiger partial charge is 0.137 e. The van der Waals surface area contributed by atoms with Gasteiger partial charge in [-0.15, -0.1) is 0 Å². The van der Waals surface area contributed by atoms with Crippen LogP contribution in [0.25, 0.3) is 0 Å². The first-order valence-corrected chi connectivity index (χ1v) is 11.2. The summed E-state index contributed by atoms with van der Waals surface area (Å²) in [4.78, 5) is 12.5. The molecule has 0 bridgehead atoms. The van der Waals surface area contributed by atoms with Gasteiger partial charge in [0.15, 0.2) is 0 Å². The summed E-state index contributed by atoms with van der Waals surface area (Å²) in [6, 6.07) is 17.4. The average molecular weight is 397 g/mol. The zero-order valence-electron chi connectivity index (χ0n) is 19.4. The van der Waals surface area contributed by atoms with Crippen molar-refractivity contribution in [1.29, 1.82) is 0 Å². The second-order valence-corrected chi connectivity index (χ2v) is 8.61. The van der Waals surface area contributed by atoms with Crippen LogP contribution in [0.1, 0.15) is 45.2 Å². The van der Waals surface area contributed by atoms with Crippen LogP contribution in [0.15, 0.2) is 48.5 Å². The molecule has 0 N–H and O–H groups in total. The van der Waals surface area contributed by atoms with Gasteiger partial charge < -0.3 is 0 Å². The molecule has 0 heterocycles. The van der Waals surface area contributed by atoms with E-state index in [1.54, 1.807) is 0 Å². The highest BCUT2D eigenvalue weighted by Gasteiger charge is 2.21. The third kappa shape index (κ3) is 5.77. The Balaban J connectivity index is 1.92. The summed E-state index contributed by atoms with van der Waals surface area (Å²) in [7, 11) is 4.53. The number of carbonyl (C=O) groups is 1. The molecule has 0 amide bonds. The van der Waals surface area contributed by atoms with Crippen LogP contribution < -0.4 is 8.97 Å². The SMILES string of the molecule is CC[N+](C)(CC)c1ccc(CCC(=O)Cc2ccc([N+](C)(CC)CC)cc2)cc1. The number of aryl methyl sites for hydroxylation is 1. The number of quaternary nitrogens is 2. The summed E-state index contributed by atoms with van der Waals surface area (Å²) in [5.74, 6) is 0.313. The molecule has 0 fully saturated rings. The van der Waals surface area contributed by atoms with Crippen LogP contribution in [0.5, 0.6) is 0 Å². The van der Waals surface area contributed by atoms with Crippen LogP contribution in [-0.2, 0) is 17.6 Å². The fourth-order valence-corrected chi connectivity index (χ4v) is 3.77. The molecule has 2 aromatic carbocycles. The normalized spacial score (nSPS) is 12.2. The third-order valence-electron chi connectivity index (χ3n) is 7.00. The Morgan fingerprint density at radius 1 is 0.655 bits per heavy atom. The standard InChI is InChI=1S/C26H40N2O/c1-7-27(5,8-2)24-16-11-22(12-17-24)15-20-26(29)21-23-13-18-25(19-14-23)28(6,9-3)10-4/h11-14,16-19H,7-10,15,20-21H2,1-6H3/q+2. The van der Waals surface area contributed by atoms with Crippen molar-refractivity contribution in [2.24, 2.45) is 0 Å². The quantitative estimate of drug-likeness (QED) is 0.466. The van der Waals surface area contributed by atoms with Gasteiger partial charge in [0.2, 0.25) is 0 Å². The van der Waals surface area contributed by atoms with Crippen molar-refractivity contribution in [2.45, 2.75) is 47.0 Å². The van der Waals surface area contributed by atoms with Crippen LogP contribution in [0.2, 0.25) is 0 Å². The lowest BCUT2D eigenvalue weighted by Crippen LogP contribution is -2.44. The van der Waals surface area contributed by atoms with E-state index in [0.717, 1.165) is 47.1 Å². The van der Waals surface area contributed by atoms with Crippen molar-refractivity contribution in [3.05, 3.63) is 59.7 Å². The fourth-order valence-electron chi connectivity index (χ4n) is 3.77. The zero-order chi connectivity index (χ0) is 21.5. The molecule has 0 saturated heterocycles. The van der Waals surface area contributed by atoms with Crippen molar-refractivity contribution in [3.8, 4) is 0 Å². The molecule has 0 aromatic heterocycles. The third-order valence-corrected chi connectivity index (χ3v) is 7.00. The Kier molecular flexibility index (Phi) is 8.18. The Morgan fingerprint density at radius 3 is 1.41 bits per heavy atom. The average Bonchev–Trinajstić information content (AvgIpc) is 2.77. The number of carbonyl (C=O) groups excluding carboxylic acids is 1. The van der Waals surface area contributed by atoms with Gasteiger partial charge in [-0.2, -0.15) is 0 Å². The molecule has 0 spiro atoms. The van der Waals surface area contributed by atoms with Crippen LogP contribution >= 0.6 is 0 Å². The van der Waals surface area contributed by atoms with Gasteiger partial charge in [-0.25, -0.2) is 0 Å². The number of hydrogen-bond acceptors (Lipinski definition) is 1. The molecule has 0 atom stereocenters. The van der Waals surface area contributed by atoms with Gasteiger partial charge in [-0.05, 0) is 69.5 Å². The van der Waals surface area contributed by atoms with E-state index in [4.69, 9.17) is 0 Å². The van der Waals surface area contributed by atoms with E-state index >= 15 is 0 Å². The summed E-state index contributed by atoms with van der Waals surface area (Å²) in [6.45, 7) is 13.2. The molecule has 29 heavy (non-hydrogen) atoms. The van der Waals surface area contributed by atoms with Crippen molar-refractivity contribution in [2.75, 3.05) is 40.3 Å². The molecule has 3 nitrogen and oxygen atoms in total. The van der Waals surface area contributed by atoms with Gasteiger partial charge in [0.05, 0.1) is 40.3 Å². The van der Waals surface area contributed by atoms with Crippen molar-refractivity contribution >= 4 is 17.2 Å². The highest BCUT2D eigenvalue weighted by atomic mass is 16.1. The summed E-state index contributed by atoms with van der Waals surface area (Å²) < 4.78 is 1.88. The molecule has 2 aromatic rings. The van der Waals surface area contributed by atoms with E-state index in [2.05, 4.69) is 90.3 Å². The maximum Gasteiger partial charge on any atom is 0.137 e. The Morgan fingerprint density at radius 2 is 1.03 bits per heavy atom. The van der Waals surface area contributed by atoms with Crippen LogP contribution in [0.4, 0.5) is 11.4 Å². The minimum absolute atomic E-state index is 0.313. The molecule has 0 radical (unpaired) electrons. The lowest BCUT2D eigenvalue weighted by atomic mass is 10.0. The molecule has 0 aliphatic heterocycles. The van der Waals surface area contributed by atoms with E-state index < -0.39 is 0 Å². The lowest BCUT2D eigenvalue weighted by Gasteiger charge is -2.31. The molecule has 0 unspecified atom stereocenters. The predicted octanol–water partition coefficient (Wildman–Crippen LogP) is 5.38. The van der Waals surface area contributed by atoms with Gasteiger partial charge in [0.1, 0.15) is 17.2 Å². The molecule has 3 heteroatoms. The minimum atomic E-state index is 0.313. The molecular formula is C26H40N2O+2. The highest BCUT2D eigenvalue weighted by molar-refractivity contribution is 5.81. The minimum Gasteiger partial charge on any atom is -0.299 e. The largest absolute Gasteiger partial charge is 0.299 e. The van der Waals surface area contributed by atoms with Crippen LogP contribution in [0.3, 0.4) is 0 Å². The summed E-state index contributed by atoms with van der Waals surface area (Å²) >= 11 is 0. The van der Waals surface area contributed by atoms with Gasteiger partial charge in [-0.1, -0.05) is 24.3 Å². The Bertz CT molecular complexity index is 769. The number of hydrogen-bond donors (Lipinski definition) is 0. The maximum absolute atomic E-state index is 12.5. The second kappa shape index (κ2) is 10.2. The number of nitrogens with zero attached hydrogens (tertiary/aromatic N) is 2. The Labute approximate surface area is 178 Å². The van der Waals surface area contributed by atoms with E-state index in [1.165, 1.54) is 16.9 Å². The topological polar surface area (TPSA) is 17.1 Å². The lowest BCUT2D eigenvalue weighted by molar-refractivity contribution is -0.118. The first kappa shape index (κ1) is 23.3. The highest BCUT2D eigenvalue weighted by Crippen LogP contribution is 2.23. The monoisotopic (exact) mass is 396 g/mol. The van der Waals surface area contributed by atoms with Crippen molar-refractivity contribution in [3.63, 3.8) is 0 Å². The van der Waals surface area contributed by atoms with Gasteiger partial charge >= 0.3 is 0 Å². The van der Waals surface area contributed by atoms with Crippen LogP contribution in [0, 0.1) is 0 Å². The molecule has 158 valence electrons. The van der Waals surface area contributed by atoms with Gasteiger partial charge in [0, 0.05) is 12.8 Å². The van der Waals surface area contributed by atoms with Crippen molar-refractivity contribution < 1.29 is 4.79 Å². The molecule has 2 rings (SSSR count). The first-order valence-electron chi connectivity index (χ1n) is 11.2. The zero-order valence-corrected chi connectivity index (χ0v) is 19.4. The number of ketones is 1. The molecule has 0 aliphatic rings. The number of rotatable bonds is 11. The molecular weight excluding hydrogens is 356 g/mol. The van der Waals surface area contributed by atoms with Crippen LogP contribution in [-0.4, -0.2) is 46.1 Å². The second-order valence-electron chi connectivity index (χ2n) is 8.61. The first-order chi connectivity index (χ1) is 13.8. The van der Waals surface area contributed by atoms with E-state index in [0.29, 0.717) is 18.6 Å². The van der Waals surface area contributed by atoms with E-state index in [-0.39, 0.29) is 0 Å². The Hall–Kier alpha value is -1.97. The van der Waals surface area contributed by atoms with E-state index in [9.17, 15) is 4.79 Å².